The first-order chi connectivity index (χ1) is 9.52. The van der Waals surface area contributed by atoms with E-state index in [0.717, 1.165) is 19.3 Å². The summed E-state index contributed by atoms with van der Waals surface area (Å²) in [4.78, 5) is 26.8. The molecule has 6 heteroatoms. The van der Waals surface area contributed by atoms with Crippen molar-refractivity contribution in [3.63, 3.8) is 0 Å². The zero-order valence-electron chi connectivity index (χ0n) is 11.7. The predicted octanol–water partition coefficient (Wildman–Crippen LogP) is 2.51. The summed E-state index contributed by atoms with van der Waals surface area (Å²) in [6.45, 7) is 2.36. The lowest BCUT2D eigenvalue weighted by atomic mass is 10.2. The molecule has 110 valence electrons. The number of esters is 1. The monoisotopic (exact) mass is 298 g/mol. The van der Waals surface area contributed by atoms with Gasteiger partial charge in [-0.15, -0.1) is 0 Å². The number of pyridine rings is 1. The van der Waals surface area contributed by atoms with Crippen molar-refractivity contribution in [2.45, 2.75) is 32.6 Å². The molecular formula is C14H19ClN2O3. The number of nitrogens with one attached hydrogen (secondary N) is 1. The summed E-state index contributed by atoms with van der Waals surface area (Å²) in [5, 5.41) is 3.13. The topological polar surface area (TPSA) is 68.3 Å². The van der Waals surface area contributed by atoms with Crippen molar-refractivity contribution < 1.29 is 14.3 Å². The highest BCUT2D eigenvalue weighted by atomic mass is 35.5. The summed E-state index contributed by atoms with van der Waals surface area (Å²) < 4.78 is 4.55. The highest BCUT2D eigenvalue weighted by Crippen LogP contribution is 2.10. The van der Waals surface area contributed by atoms with Gasteiger partial charge in [0.05, 0.1) is 7.11 Å². The van der Waals surface area contributed by atoms with E-state index < -0.39 is 0 Å². The third-order valence-electron chi connectivity index (χ3n) is 2.76. The minimum atomic E-state index is -0.198. The Kier molecular flexibility index (Phi) is 7.01. The van der Waals surface area contributed by atoms with Crippen molar-refractivity contribution in [3.05, 3.63) is 28.5 Å². The number of methoxy groups -OCH3 is 1. The standard InChI is InChI=1S/C14H19ClN2O3/c1-10-8-11(9-12(15)17-10)14(19)16-7-5-3-4-6-13(18)20-2/h8-9H,3-7H2,1-2H3,(H,16,19). The first-order valence-electron chi connectivity index (χ1n) is 6.52. The third-order valence-corrected chi connectivity index (χ3v) is 2.95. The van der Waals surface area contributed by atoms with E-state index in [9.17, 15) is 9.59 Å². The van der Waals surface area contributed by atoms with Gasteiger partial charge in [-0.2, -0.15) is 0 Å². The highest BCUT2D eigenvalue weighted by Gasteiger charge is 2.07. The number of aromatic nitrogens is 1. The smallest absolute Gasteiger partial charge is 0.305 e. The molecule has 0 saturated heterocycles. The average Bonchev–Trinajstić information content (AvgIpc) is 2.40. The van der Waals surface area contributed by atoms with Crippen LogP contribution in [0, 0.1) is 6.92 Å². The number of unbranched alkanes of at least 4 members (excludes halogenated alkanes) is 2. The van der Waals surface area contributed by atoms with Crippen LogP contribution in [-0.2, 0) is 9.53 Å². The Balaban J connectivity index is 2.25. The SMILES string of the molecule is COC(=O)CCCCCNC(=O)c1cc(C)nc(Cl)c1. The summed E-state index contributed by atoms with van der Waals surface area (Å²) in [7, 11) is 1.38. The number of nitrogens with zero attached hydrogens (tertiary/aromatic N) is 1. The zero-order chi connectivity index (χ0) is 15.0. The normalized spacial score (nSPS) is 10.2. The minimum Gasteiger partial charge on any atom is -0.469 e. The van der Waals surface area contributed by atoms with Crippen LogP contribution in [0.25, 0.3) is 0 Å². The van der Waals surface area contributed by atoms with E-state index in [1.807, 2.05) is 0 Å². The summed E-state index contributed by atoms with van der Waals surface area (Å²) in [5.74, 6) is -0.360. The van der Waals surface area contributed by atoms with Crippen molar-refractivity contribution in [1.82, 2.24) is 10.3 Å². The second-order valence-electron chi connectivity index (χ2n) is 4.46. The van der Waals surface area contributed by atoms with E-state index >= 15 is 0 Å². The van der Waals surface area contributed by atoms with E-state index in [2.05, 4.69) is 15.0 Å². The third kappa shape index (κ3) is 6.02. The Bertz CT molecular complexity index is 457. The molecule has 0 unspecified atom stereocenters. The van der Waals surface area contributed by atoms with Gasteiger partial charge in [-0.05, 0) is 31.9 Å². The molecular weight excluding hydrogens is 280 g/mol. The molecule has 0 spiro atoms. The summed E-state index contributed by atoms with van der Waals surface area (Å²) in [6, 6.07) is 3.24. The van der Waals surface area contributed by atoms with Crippen LogP contribution in [-0.4, -0.2) is 30.5 Å². The van der Waals surface area contributed by atoms with Crippen LogP contribution in [0.3, 0.4) is 0 Å². The molecule has 0 radical (unpaired) electrons. The van der Waals surface area contributed by atoms with Gasteiger partial charge in [0.25, 0.3) is 5.91 Å². The van der Waals surface area contributed by atoms with Crippen LogP contribution in [0.4, 0.5) is 0 Å². The highest BCUT2D eigenvalue weighted by molar-refractivity contribution is 6.29. The van der Waals surface area contributed by atoms with Gasteiger partial charge in [-0.25, -0.2) is 4.98 Å². The first-order valence-corrected chi connectivity index (χ1v) is 6.90. The molecule has 0 fully saturated rings. The Morgan fingerprint density at radius 1 is 1.30 bits per heavy atom. The quantitative estimate of drug-likeness (QED) is 0.477. The number of ether oxygens (including phenoxy) is 1. The lowest BCUT2D eigenvalue weighted by Crippen LogP contribution is -2.24. The number of aryl methyl sites for hydroxylation is 1. The van der Waals surface area contributed by atoms with E-state index in [1.165, 1.54) is 7.11 Å². The predicted molar refractivity (Wildman–Crippen MR) is 76.8 cm³/mol. The van der Waals surface area contributed by atoms with Gasteiger partial charge in [-0.1, -0.05) is 18.0 Å². The molecule has 1 amide bonds. The second-order valence-corrected chi connectivity index (χ2v) is 4.85. The van der Waals surface area contributed by atoms with Crippen LogP contribution in [0.15, 0.2) is 12.1 Å². The fourth-order valence-corrected chi connectivity index (χ4v) is 1.99. The number of hydrogen-bond donors (Lipinski definition) is 1. The Labute approximate surface area is 123 Å². The molecule has 5 nitrogen and oxygen atoms in total. The molecule has 0 aliphatic rings. The van der Waals surface area contributed by atoms with Crippen molar-refractivity contribution in [3.8, 4) is 0 Å². The number of amides is 1. The number of halogens is 1. The zero-order valence-corrected chi connectivity index (χ0v) is 12.5. The van der Waals surface area contributed by atoms with Gasteiger partial charge in [0.2, 0.25) is 0 Å². The van der Waals surface area contributed by atoms with Gasteiger partial charge in [0.1, 0.15) is 5.15 Å². The van der Waals surface area contributed by atoms with Gasteiger partial charge >= 0.3 is 5.97 Å². The Hall–Kier alpha value is -1.62. The van der Waals surface area contributed by atoms with Gasteiger partial charge in [0, 0.05) is 24.2 Å². The molecule has 0 aliphatic heterocycles. The van der Waals surface area contributed by atoms with E-state index in [-0.39, 0.29) is 11.9 Å². The van der Waals surface area contributed by atoms with Crippen LogP contribution < -0.4 is 5.32 Å². The van der Waals surface area contributed by atoms with Crippen LogP contribution in [0.5, 0.6) is 0 Å². The average molecular weight is 299 g/mol. The Morgan fingerprint density at radius 3 is 2.70 bits per heavy atom. The maximum absolute atomic E-state index is 11.9. The number of carbonyl (C=O) groups is 2. The van der Waals surface area contributed by atoms with Crippen LogP contribution >= 0.6 is 11.6 Å². The Morgan fingerprint density at radius 2 is 2.05 bits per heavy atom. The molecule has 1 rings (SSSR count). The summed E-state index contributed by atoms with van der Waals surface area (Å²) in [5.41, 5.74) is 1.22. The molecule has 0 saturated carbocycles. The first kappa shape index (κ1) is 16.4. The fourth-order valence-electron chi connectivity index (χ4n) is 1.74. The number of rotatable bonds is 7. The molecule has 0 aliphatic carbocycles. The lowest BCUT2D eigenvalue weighted by molar-refractivity contribution is -0.140. The lowest BCUT2D eigenvalue weighted by Gasteiger charge is -2.06. The summed E-state index contributed by atoms with van der Waals surface area (Å²) in [6.07, 6.45) is 2.87. The molecule has 0 bridgehead atoms. The molecule has 20 heavy (non-hydrogen) atoms. The maximum atomic E-state index is 11.9. The van der Waals surface area contributed by atoms with E-state index in [0.29, 0.717) is 29.4 Å². The van der Waals surface area contributed by atoms with Gasteiger partial charge in [0.15, 0.2) is 0 Å². The molecule has 0 atom stereocenters. The second kappa shape index (κ2) is 8.53. The fraction of sp³-hybridized carbons (Fsp3) is 0.500. The van der Waals surface area contributed by atoms with Crippen molar-refractivity contribution in [2.24, 2.45) is 0 Å². The van der Waals surface area contributed by atoms with Crippen molar-refractivity contribution >= 4 is 23.5 Å². The number of hydrogen-bond acceptors (Lipinski definition) is 4. The van der Waals surface area contributed by atoms with E-state index in [4.69, 9.17) is 11.6 Å². The molecule has 1 N–H and O–H groups in total. The molecule has 1 aromatic heterocycles. The van der Waals surface area contributed by atoms with Crippen LogP contribution in [0.2, 0.25) is 5.15 Å². The van der Waals surface area contributed by atoms with Gasteiger partial charge < -0.3 is 10.1 Å². The minimum absolute atomic E-state index is 0.162. The summed E-state index contributed by atoms with van der Waals surface area (Å²) >= 11 is 5.81. The largest absolute Gasteiger partial charge is 0.469 e. The molecule has 1 heterocycles. The van der Waals surface area contributed by atoms with Crippen molar-refractivity contribution in [1.29, 1.82) is 0 Å². The maximum Gasteiger partial charge on any atom is 0.305 e. The molecule has 0 aromatic carbocycles. The van der Waals surface area contributed by atoms with Gasteiger partial charge in [-0.3, -0.25) is 9.59 Å². The van der Waals surface area contributed by atoms with Crippen molar-refractivity contribution in [2.75, 3.05) is 13.7 Å². The van der Waals surface area contributed by atoms with E-state index in [1.54, 1.807) is 19.1 Å². The van der Waals surface area contributed by atoms with Crippen LogP contribution in [0.1, 0.15) is 41.7 Å². The number of carbonyl (C=O) groups excluding carboxylic acids is 2. The molecule has 1 aromatic rings.